The average Bonchev–Trinajstić information content (AvgIpc) is 2.86. The molecular weight excluding hydrogens is 574 g/mol. The van der Waals surface area contributed by atoms with Gasteiger partial charge in [-0.05, 0) is 35.7 Å². The highest BCUT2D eigenvalue weighted by Gasteiger charge is 2.20. The fraction of sp³-hybridized carbons (Fsp3) is 0. The summed E-state index contributed by atoms with van der Waals surface area (Å²) in [4.78, 5) is 8.64. The maximum atomic E-state index is 11.8. The minimum absolute atomic E-state index is 0.181. The molecule has 4 aromatic rings. The van der Waals surface area contributed by atoms with Crippen LogP contribution in [0.2, 0.25) is 0 Å². The molecule has 0 aliphatic heterocycles. The molecule has 5 N–H and O–H groups in total. The van der Waals surface area contributed by atoms with Gasteiger partial charge in [0.25, 0.3) is 25.9 Å². The van der Waals surface area contributed by atoms with Crippen LogP contribution in [0.1, 0.15) is 0 Å². The quantitative estimate of drug-likeness (QED) is 0.0810. The van der Waals surface area contributed by atoms with Gasteiger partial charge in [0.1, 0.15) is 28.6 Å². The standard InChI is InChI=1S/C22H15N5O11S2/c28-19-10-20(29)17(9-16(19)24-23-12-1-3-13(4-2-12)27(31)32)25-26-18-7-14(39(33,34)35)5-11-6-15(40(36,37)38)8-21(30)22(11)18/h1-10,28-30H,(H,33,34,35)(H,36,37,38). The number of nitro benzene ring substituents is 1. The minimum atomic E-state index is -4.87. The number of nitro groups is 1. The molecule has 0 saturated heterocycles. The second-order valence-electron chi connectivity index (χ2n) is 7.94. The third kappa shape index (κ3) is 5.99. The summed E-state index contributed by atoms with van der Waals surface area (Å²) in [5.41, 5.74) is -0.933. The summed E-state index contributed by atoms with van der Waals surface area (Å²) in [6.07, 6.45) is 0. The molecular formula is C22H15N5O11S2. The second kappa shape index (κ2) is 10.3. The lowest BCUT2D eigenvalue weighted by Gasteiger charge is -2.09. The summed E-state index contributed by atoms with van der Waals surface area (Å²) in [5.74, 6) is -1.88. The smallest absolute Gasteiger partial charge is 0.294 e. The van der Waals surface area contributed by atoms with Crippen LogP contribution in [0.25, 0.3) is 10.8 Å². The van der Waals surface area contributed by atoms with Gasteiger partial charge in [0.15, 0.2) is 0 Å². The van der Waals surface area contributed by atoms with E-state index < -0.39 is 57.9 Å². The van der Waals surface area contributed by atoms with Crippen LogP contribution in [0.15, 0.2) is 90.9 Å². The Kier molecular flexibility index (Phi) is 7.18. The van der Waals surface area contributed by atoms with Crippen LogP contribution in [0.3, 0.4) is 0 Å². The van der Waals surface area contributed by atoms with Crippen LogP contribution in [-0.2, 0) is 20.2 Å². The normalized spacial score (nSPS) is 12.4. The number of phenolic OH excluding ortho intramolecular Hbond substituents is 3. The van der Waals surface area contributed by atoms with Gasteiger partial charge >= 0.3 is 0 Å². The second-order valence-corrected chi connectivity index (χ2v) is 10.8. The van der Waals surface area contributed by atoms with Crippen molar-refractivity contribution in [1.29, 1.82) is 0 Å². The molecule has 0 radical (unpaired) electrons. The van der Waals surface area contributed by atoms with E-state index in [1.54, 1.807) is 0 Å². The van der Waals surface area contributed by atoms with Gasteiger partial charge in [-0.1, -0.05) is 0 Å². The first kappa shape index (κ1) is 28.0. The van der Waals surface area contributed by atoms with Crippen molar-refractivity contribution in [2.75, 3.05) is 0 Å². The first-order valence-corrected chi connectivity index (χ1v) is 13.4. The SMILES string of the molecule is O=[N+]([O-])c1ccc(N=Nc2cc(N=Nc3cc(S(=O)(=O)O)cc4cc(S(=O)(=O)O)cc(O)c34)c(O)cc2O)cc1. The van der Waals surface area contributed by atoms with Crippen molar-refractivity contribution in [2.45, 2.75) is 9.79 Å². The predicted molar refractivity (Wildman–Crippen MR) is 136 cm³/mol. The highest BCUT2D eigenvalue weighted by Crippen LogP contribution is 2.42. The summed E-state index contributed by atoms with van der Waals surface area (Å²) in [7, 11) is -9.68. The number of hydrogen-bond donors (Lipinski definition) is 5. The monoisotopic (exact) mass is 589 g/mol. The highest BCUT2D eigenvalue weighted by molar-refractivity contribution is 7.86. The minimum Gasteiger partial charge on any atom is -0.507 e. The summed E-state index contributed by atoms with van der Waals surface area (Å²) in [6.45, 7) is 0. The number of azo groups is 2. The summed E-state index contributed by atoms with van der Waals surface area (Å²) >= 11 is 0. The van der Waals surface area contributed by atoms with E-state index in [9.17, 15) is 51.4 Å². The molecule has 0 bridgehead atoms. The number of non-ortho nitro benzene ring substituents is 1. The van der Waals surface area contributed by atoms with Gasteiger partial charge in [-0.3, -0.25) is 19.2 Å². The van der Waals surface area contributed by atoms with Crippen LogP contribution in [0.4, 0.5) is 28.4 Å². The van der Waals surface area contributed by atoms with E-state index in [4.69, 9.17) is 0 Å². The molecule has 4 rings (SSSR count). The van der Waals surface area contributed by atoms with Crippen molar-refractivity contribution in [3.05, 3.63) is 70.8 Å². The van der Waals surface area contributed by atoms with Crippen molar-refractivity contribution in [3.63, 3.8) is 0 Å². The van der Waals surface area contributed by atoms with Gasteiger partial charge in [0.05, 0.1) is 31.5 Å². The molecule has 0 atom stereocenters. The lowest BCUT2D eigenvalue weighted by Crippen LogP contribution is -2.00. The first-order valence-electron chi connectivity index (χ1n) is 10.5. The Labute approximate surface area is 223 Å². The van der Waals surface area contributed by atoms with Gasteiger partial charge in [0, 0.05) is 30.3 Å². The number of aromatic hydroxyl groups is 3. The van der Waals surface area contributed by atoms with Crippen molar-refractivity contribution >= 4 is 59.4 Å². The summed E-state index contributed by atoms with van der Waals surface area (Å²) in [6, 6.07) is 9.99. The fourth-order valence-electron chi connectivity index (χ4n) is 3.37. The molecule has 0 saturated carbocycles. The van der Waals surface area contributed by atoms with E-state index in [0.717, 1.165) is 30.3 Å². The Hall–Kier alpha value is -5.04. The Bertz CT molecular complexity index is 1950. The molecule has 4 aromatic carbocycles. The van der Waals surface area contributed by atoms with Crippen molar-refractivity contribution in [2.24, 2.45) is 20.5 Å². The number of hydrogen-bond acceptors (Lipinski definition) is 13. The number of nitrogens with zero attached hydrogens (tertiary/aromatic N) is 5. The van der Waals surface area contributed by atoms with Crippen molar-refractivity contribution in [1.82, 2.24) is 0 Å². The fourth-order valence-corrected chi connectivity index (χ4v) is 4.44. The third-order valence-electron chi connectivity index (χ3n) is 5.22. The van der Waals surface area contributed by atoms with Gasteiger partial charge in [-0.15, -0.1) is 15.3 Å². The van der Waals surface area contributed by atoms with Crippen LogP contribution in [-0.4, -0.2) is 46.2 Å². The highest BCUT2D eigenvalue weighted by atomic mass is 32.2. The zero-order chi connectivity index (χ0) is 29.4. The van der Waals surface area contributed by atoms with Crippen molar-refractivity contribution < 1.29 is 46.2 Å². The zero-order valence-corrected chi connectivity index (χ0v) is 21.1. The maximum absolute atomic E-state index is 11.8. The number of phenols is 3. The topological polar surface area (TPSA) is 262 Å². The third-order valence-corrected chi connectivity index (χ3v) is 6.88. The van der Waals surface area contributed by atoms with Gasteiger partial charge < -0.3 is 15.3 Å². The van der Waals surface area contributed by atoms with E-state index in [1.807, 2.05) is 0 Å². The van der Waals surface area contributed by atoms with E-state index >= 15 is 0 Å². The van der Waals surface area contributed by atoms with Crippen LogP contribution in [0.5, 0.6) is 17.2 Å². The maximum Gasteiger partial charge on any atom is 0.294 e. The molecule has 206 valence electrons. The Morgan fingerprint density at radius 1 is 0.625 bits per heavy atom. The number of rotatable bonds is 7. The van der Waals surface area contributed by atoms with E-state index in [0.29, 0.717) is 6.07 Å². The lowest BCUT2D eigenvalue weighted by molar-refractivity contribution is -0.384. The van der Waals surface area contributed by atoms with E-state index in [-0.39, 0.29) is 33.5 Å². The molecule has 0 spiro atoms. The molecule has 0 aliphatic rings. The molecule has 16 nitrogen and oxygen atoms in total. The van der Waals surface area contributed by atoms with Gasteiger partial charge in [-0.2, -0.15) is 21.9 Å². The largest absolute Gasteiger partial charge is 0.507 e. The van der Waals surface area contributed by atoms with Crippen molar-refractivity contribution in [3.8, 4) is 17.2 Å². The number of benzene rings is 4. The summed E-state index contributed by atoms with van der Waals surface area (Å²) < 4.78 is 65.4. The molecule has 18 heteroatoms. The van der Waals surface area contributed by atoms with Crippen LogP contribution in [0, 0.1) is 10.1 Å². The molecule has 0 amide bonds. The number of fused-ring (bicyclic) bond motifs is 1. The van der Waals surface area contributed by atoms with E-state index in [2.05, 4.69) is 20.5 Å². The molecule has 0 heterocycles. The average molecular weight is 590 g/mol. The molecule has 0 aromatic heterocycles. The van der Waals surface area contributed by atoms with Crippen LogP contribution >= 0.6 is 0 Å². The van der Waals surface area contributed by atoms with Crippen LogP contribution < -0.4 is 0 Å². The lowest BCUT2D eigenvalue weighted by atomic mass is 10.1. The molecule has 40 heavy (non-hydrogen) atoms. The van der Waals surface area contributed by atoms with Gasteiger partial charge in [-0.25, -0.2) is 0 Å². The Balaban J connectivity index is 1.79. The zero-order valence-electron chi connectivity index (χ0n) is 19.5. The Morgan fingerprint density at radius 3 is 1.65 bits per heavy atom. The van der Waals surface area contributed by atoms with E-state index in [1.165, 1.54) is 24.3 Å². The predicted octanol–water partition coefficient (Wildman–Crippen LogP) is 5.19. The van der Waals surface area contributed by atoms with Gasteiger partial charge in [0.2, 0.25) is 0 Å². The molecule has 0 unspecified atom stereocenters. The summed E-state index contributed by atoms with van der Waals surface area (Å²) in [5, 5.41) is 56.3. The first-order chi connectivity index (χ1) is 18.6. The molecule has 0 fully saturated rings. The molecule has 0 aliphatic carbocycles. The Morgan fingerprint density at radius 2 is 1.12 bits per heavy atom.